The molecule has 0 radical (unpaired) electrons. The average molecular weight is 339 g/mol. The summed E-state index contributed by atoms with van der Waals surface area (Å²) in [5.74, 6) is -0.746. The van der Waals surface area contributed by atoms with E-state index in [0.717, 1.165) is 5.01 Å². The number of esters is 1. The summed E-state index contributed by atoms with van der Waals surface area (Å²) in [4.78, 5) is 43.7. The van der Waals surface area contributed by atoms with Crippen LogP contribution in [0.3, 0.4) is 0 Å². The van der Waals surface area contributed by atoms with Gasteiger partial charge >= 0.3 is 5.97 Å². The van der Waals surface area contributed by atoms with E-state index in [1.165, 1.54) is 18.3 Å². The van der Waals surface area contributed by atoms with Gasteiger partial charge in [-0.15, -0.1) is 11.3 Å². The third kappa shape index (κ3) is 4.07. The molecule has 1 atom stereocenters. The van der Waals surface area contributed by atoms with Gasteiger partial charge in [0.15, 0.2) is 6.10 Å². The number of carbonyl (C=O) groups is 3. The van der Waals surface area contributed by atoms with Gasteiger partial charge in [-0.25, -0.2) is 9.78 Å². The molecule has 7 nitrogen and oxygen atoms in total. The number of ether oxygens (including phenoxy) is 1. The summed E-state index contributed by atoms with van der Waals surface area (Å²) in [6, 6.07) is 0. The van der Waals surface area contributed by atoms with Crippen molar-refractivity contribution in [2.75, 3.05) is 26.2 Å². The van der Waals surface area contributed by atoms with Crippen LogP contribution in [0.15, 0.2) is 0 Å². The summed E-state index contributed by atoms with van der Waals surface area (Å²) in [7, 11) is 0. The molecule has 1 aliphatic rings. The third-order valence-corrected chi connectivity index (χ3v) is 4.81. The van der Waals surface area contributed by atoms with Gasteiger partial charge < -0.3 is 14.5 Å². The second kappa shape index (κ2) is 7.08. The number of nitrogens with zero attached hydrogens (tertiary/aromatic N) is 3. The fourth-order valence-corrected chi connectivity index (χ4v) is 3.29. The maximum absolute atomic E-state index is 12.4. The van der Waals surface area contributed by atoms with E-state index >= 15 is 0 Å². The quantitative estimate of drug-likeness (QED) is 0.768. The van der Waals surface area contributed by atoms with Gasteiger partial charge in [-0.05, 0) is 20.8 Å². The molecule has 2 heterocycles. The Bertz CT molecular complexity index is 620. The zero-order valence-electron chi connectivity index (χ0n) is 13.8. The van der Waals surface area contributed by atoms with Gasteiger partial charge in [-0.2, -0.15) is 0 Å². The smallest absolute Gasteiger partial charge is 0.351 e. The molecule has 8 heteroatoms. The highest BCUT2D eigenvalue weighted by Gasteiger charge is 2.29. The highest BCUT2D eigenvalue weighted by atomic mass is 32.1. The Morgan fingerprint density at radius 2 is 1.70 bits per heavy atom. The van der Waals surface area contributed by atoms with Crippen molar-refractivity contribution in [2.24, 2.45) is 0 Å². The van der Waals surface area contributed by atoms with Gasteiger partial charge in [0.1, 0.15) is 4.88 Å². The molecule has 1 aliphatic heterocycles. The van der Waals surface area contributed by atoms with Crippen molar-refractivity contribution in [1.29, 1.82) is 0 Å². The van der Waals surface area contributed by atoms with E-state index in [2.05, 4.69) is 4.98 Å². The first-order valence-corrected chi connectivity index (χ1v) is 8.30. The van der Waals surface area contributed by atoms with Crippen molar-refractivity contribution in [2.45, 2.75) is 33.8 Å². The molecule has 0 N–H and O–H groups in total. The summed E-state index contributed by atoms with van der Waals surface area (Å²) in [5.41, 5.74) is 0.618. The first-order valence-electron chi connectivity index (χ1n) is 7.49. The molecular formula is C15H21N3O4S. The molecule has 0 bridgehead atoms. The van der Waals surface area contributed by atoms with Crippen molar-refractivity contribution >= 4 is 29.1 Å². The van der Waals surface area contributed by atoms with Crippen molar-refractivity contribution in [1.82, 2.24) is 14.8 Å². The zero-order chi connectivity index (χ0) is 17.1. The van der Waals surface area contributed by atoms with Crippen molar-refractivity contribution in [3.63, 3.8) is 0 Å². The van der Waals surface area contributed by atoms with Crippen LogP contribution in [0, 0.1) is 13.8 Å². The van der Waals surface area contributed by atoms with Crippen molar-refractivity contribution < 1.29 is 19.1 Å². The monoisotopic (exact) mass is 339 g/mol. The van der Waals surface area contributed by atoms with Gasteiger partial charge in [-0.1, -0.05) is 0 Å². The molecule has 1 aromatic rings. The van der Waals surface area contributed by atoms with Gasteiger partial charge in [0.2, 0.25) is 5.91 Å². The molecule has 2 amide bonds. The minimum absolute atomic E-state index is 0.00705. The number of piperazine rings is 1. The molecule has 1 aromatic heterocycles. The van der Waals surface area contributed by atoms with Gasteiger partial charge in [0.25, 0.3) is 5.91 Å². The lowest BCUT2D eigenvalue weighted by molar-refractivity contribution is -0.144. The Morgan fingerprint density at radius 1 is 1.13 bits per heavy atom. The predicted octanol–water partition coefficient (Wildman–Crippen LogP) is 0.996. The normalized spacial score (nSPS) is 16.2. The average Bonchev–Trinajstić information content (AvgIpc) is 2.85. The van der Waals surface area contributed by atoms with Crippen molar-refractivity contribution in [3.8, 4) is 0 Å². The predicted molar refractivity (Wildman–Crippen MR) is 85.3 cm³/mol. The topological polar surface area (TPSA) is 79.8 Å². The number of carbonyl (C=O) groups excluding carboxylic acids is 3. The van der Waals surface area contributed by atoms with Crippen LogP contribution in [0.1, 0.15) is 34.2 Å². The molecule has 1 fully saturated rings. The minimum Gasteiger partial charge on any atom is -0.448 e. The van der Waals surface area contributed by atoms with E-state index < -0.39 is 12.1 Å². The fourth-order valence-electron chi connectivity index (χ4n) is 2.48. The Labute approximate surface area is 139 Å². The van der Waals surface area contributed by atoms with Gasteiger partial charge in [-0.3, -0.25) is 9.59 Å². The molecule has 0 unspecified atom stereocenters. The van der Waals surface area contributed by atoms with E-state index in [9.17, 15) is 14.4 Å². The van der Waals surface area contributed by atoms with Crippen LogP contribution in [0.2, 0.25) is 0 Å². The van der Waals surface area contributed by atoms with Crippen LogP contribution in [0.4, 0.5) is 0 Å². The Morgan fingerprint density at radius 3 is 2.17 bits per heavy atom. The molecule has 2 rings (SSSR count). The van der Waals surface area contributed by atoms with Crippen molar-refractivity contribution in [3.05, 3.63) is 15.6 Å². The molecular weight excluding hydrogens is 318 g/mol. The Kier molecular flexibility index (Phi) is 5.35. The number of thiazole rings is 1. The number of amides is 2. The van der Waals surface area contributed by atoms with Crippen LogP contribution < -0.4 is 0 Å². The van der Waals surface area contributed by atoms with Gasteiger partial charge in [0, 0.05) is 33.1 Å². The number of hydrogen-bond donors (Lipinski definition) is 0. The van der Waals surface area contributed by atoms with Crippen LogP contribution >= 0.6 is 11.3 Å². The molecule has 0 saturated carbocycles. The Hall–Kier alpha value is -1.96. The van der Waals surface area contributed by atoms with Crippen LogP contribution in [0.5, 0.6) is 0 Å². The number of aryl methyl sites for hydroxylation is 2. The summed E-state index contributed by atoms with van der Waals surface area (Å²) in [5, 5.41) is 0.786. The lowest BCUT2D eigenvalue weighted by Gasteiger charge is -2.35. The van der Waals surface area contributed by atoms with Crippen LogP contribution in [-0.4, -0.2) is 64.9 Å². The summed E-state index contributed by atoms with van der Waals surface area (Å²) < 4.78 is 5.28. The van der Waals surface area contributed by atoms with Crippen LogP contribution in [-0.2, 0) is 14.3 Å². The SMILES string of the molecule is CC(=O)N1CCN(C(=O)[C@H](C)OC(=O)c2sc(C)nc2C)CC1. The first kappa shape index (κ1) is 17.4. The maximum atomic E-state index is 12.4. The number of aromatic nitrogens is 1. The number of rotatable bonds is 3. The number of hydrogen-bond acceptors (Lipinski definition) is 6. The third-order valence-electron chi connectivity index (χ3n) is 3.76. The highest BCUT2D eigenvalue weighted by Crippen LogP contribution is 2.19. The second-order valence-electron chi connectivity index (χ2n) is 5.53. The van der Waals surface area contributed by atoms with Crippen LogP contribution in [0.25, 0.3) is 0 Å². The van der Waals surface area contributed by atoms with E-state index in [0.29, 0.717) is 36.8 Å². The summed E-state index contributed by atoms with van der Waals surface area (Å²) >= 11 is 1.26. The fraction of sp³-hybridized carbons (Fsp3) is 0.600. The standard InChI is InChI=1S/C15H21N3O4S/c1-9-13(23-11(3)16-9)15(21)22-10(2)14(20)18-7-5-17(6-8-18)12(4)19/h10H,5-8H2,1-4H3/t10-/m0/s1. The molecule has 0 aliphatic carbocycles. The summed E-state index contributed by atoms with van der Waals surface area (Å²) in [6.07, 6.45) is -0.854. The van der Waals surface area contributed by atoms with E-state index in [1.807, 2.05) is 6.92 Å². The second-order valence-corrected chi connectivity index (χ2v) is 6.73. The molecule has 126 valence electrons. The molecule has 0 aromatic carbocycles. The largest absolute Gasteiger partial charge is 0.448 e. The Balaban J connectivity index is 1.92. The van der Waals surface area contributed by atoms with E-state index in [-0.39, 0.29) is 11.8 Å². The lowest BCUT2D eigenvalue weighted by atomic mass is 10.2. The molecule has 1 saturated heterocycles. The van der Waals surface area contributed by atoms with E-state index in [1.54, 1.807) is 23.6 Å². The van der Waals surface area contributed by atoms with Gasteiger partial charge in [0.05, 0.1) is 10.7 Å². The maximum Gasteiger partial charge on any atom is 0.351 e. The molecule has 0 spiro atoms. The van der Waals surface area contributed by atoms with E-state index in [4.69, 9.17) is 4.74 Å². The lowest BCUT2D eigenvalue weighted by Crippen LogP contribution is -2.52. The minimum atomic E-state index is -0.854. The molecule has 23 heavy (non-hydrogen) atoms. The highest BCUT2D eigenvalue weighted by molar-refractivity contribution is 7.13. The summed E-state index contributed by atoms with van der Waals surface area (Å²) in [6.45, 7) is 8.58. The first-order chi connectivity index (χ1) is 10.8. The zero-order valence-corrected chi connectivity index (χ0v) is 14.6.